The maximum absolute atomic E-state index is 11.5. The van der Waals surface area contributed by atoms with Gasteiger partial charge in [-0.05, 0) is 34.7 Å². The number of hydrogen-bond donors (Lipinski definition) is 2. The molecule has 0 radical (unpaired) electrons. The van der Waals surface area contributed by atoms with Crippen molar-refractivity contribution >= 4 is 37.3 Å². The summed E-state index contributed by atoms with van der Waals surface area (Å²) in [5.74, 6) is 1.00. The summed E-state index contributed by atoms with van der Waals surface area (Å²) in [4.78, 5) is 4.38. The fourth-order valence-electron chi connectivity index (χ4n) is 3.15. The molecule has 0 aliphatic heterocycles. The molecule has 23 heavy (non-hydrogen) atoms. The van der Waals surface area contributed by atoms with Crippen LogP contribution in [0.15, 0.2) is 23.1 Å². The zero-order valence-electron chi connectivity index (χ0n) is 12.9. The number of aromatic nitrogens is 3. The van der Waals surface area contributed by atoms with Crippen LogP contribution < -0.4 is 10.0 Å². The normalized spacial score (nSPS) is 22.3. The molecule has 2 unspecified atom stereocenters. The first-order valence-electron chi connectivity index (χ1n) is 7.63. The summed E-state index contributed by atoms with van der Waals surface area (Å²) in [5.41, 5.74) is 0.885. The van der Waals surface area contributed by atoms with Gasteiger partial charge in [-0.3, -0.25) is 0 Å². The molecule has 0 bridgehead atoms. The first-order valence-corrected chi connectivity index (χ1v) is 10.3. The number of sulfonamides is 1. The van der Waals surface area contributed by atoms with Gasteiger partial charge in [-0.15, -0.1) is 0 Å². The molecular formula is C14H20BrN5O2S. The predicted molar refractivity (Wildman–Crippen MR) is 92.9 cm³/mol. The highest BCUT2D eigenvalue weighted by molar-refractivity contribution is 9.10. The molecule has 126 valence electrons. The molecule has 1 aliphatic carbocycles. The van der Waals surface area contributed by atoms with E-state index in [1.165, 1.54) is 6.26 Å². The first kappa shape index (κ1) is 16.7. The second kappa shape index (κ2) is 6.74. The summed E-state index contributed by atoms with van der Waals surface area (Å²) in [5, 5.41) is 7.60. The molecule has 2 atom stereocenters. The van der Waals surface area contributed by atoms with E-state index >= 15 is 0 Å². The minimum absolute atomic E-state index is 0.0145. The summed E-state index contributed by atoms with van der Waals surface area (Å²) in [6.07, 6.45) is 10.5. The van der Waals surface area contributed by atoms with Crippen molar-refractivity contribution in [1.29, 1.82) is 0 Å². The summed E-state index contributed by atoms with van der Waals surface area (Å²) < 4.78 is 28.5. The molecule has 0 aromatic carbocycles. The molecule has 1 aliphatic rings. The van der Waals surface area contributed by atoms with Crippen molar-refractivity contribution in [3.05, 3.63) is 23.1 Å². The minimum atomic E-state index is -3.19. The Labute approximate surface area is 144 Å². The minimum Gasteiger partial charge on any atom is -0.368 e. The van der Waals surface area contributed by atoms with Gasteiger partial charge in [0.1, 0.15) is 5.52 Å². The Morgan fingerprint density at radius 3 is 2.96 bits per heavy atom. The molecule has 0 spiro atoms. The number of fused-ring (bicyclic) bond motifs is 1. The maximum atomic E-state index is 11.5. The molecule has 0 saturated heterocycles. The van der Waals surface area contributed by atoms with Crippen molar-refractivity contribution in [3.8, 4) is 0 Å². The van der Waals surface area contributed by atoms with Crippen LogP contribution in [0.3, 0.4) is 0 Å². The van der Waals surface area contributed by atoms with E-state index in [-0.39, 0.29) is 12.0 Å². The zero-order chi connectivity index (χ0) is 16.4. The fraction of sp³-hybridized carbons (Fsp3) is 0.571. The van der Waals surface area contributed by atoms with E-state index in [4.69, 9.17) is 0 Å². The third kappa shape index (κ3) is 4.02. The molecule has 2 aromatic rings. The molecule has 2 heterocycles. The van der Waals surface area contributed by atoms with Gasteiger partial charge in [0.2, 0.25) is 10.0 Å². The van der Waals surface area contributed by atoms with Gasteiger partial charge in [0.05, 0.1) is 16.9 Å². The van der Waals surface area contributed by atoms with Gasteiger partial charge < -0.3 is 5.32 Å². The van der Waals surface area contributed by atoms with Gasteiger partial charge >= 0.3 is 0 Å². The molecule has 1 saturated carbocycles. The Kier molecular flexibility index (Phi) is 4.88. The Balaban J connectivity index is 1.74. The van der Waals surface area contributed by atoms with E-state index in [1.54, 1.807) is 23.1 Å². The SMILES string of the molecule is CS(=O)(=O)NC1CCCCC1CNc1nccn2ncc(Br)c12. The van der Waals surface area contributed by atoms with Crippen molar-refractivity contribution in [2.24, 2.45) is 5.92 Å². The summed E-state index contributed by atoms with van der Waals surface area (Å²) in [6, 6.07) is -0.0145. The lowest BCUT2D eigenvalue weighted by molar-refractivity contribution is 0.302. The highest BCUT2D eigenvalue weighted by Gasteiger charge is 2.27. The second-order valence-corrected chi connectivity index (χ2v) is 8.62. The molecule has 9 heteroatoms. The van der Waals surface area contributed by atoms with Crippen molar-refractivity contribution in [3.63, 3.8) is 0 Å². The standard InChI is InChI=1S/C14H20BrN5O2S/c1-23(21,22)19-12-5-3-2-4-10(12)8-17-14-13-11(15)9-18-20(13)7-6-16-14/h6-7,9-10,12,19H,2-5,8H2,1H3,(H,16,17). The number of nitrogens with one attached hydrogen (secondary N) is 2. The highest BCUT2D eigenvalue weighted by atomic mass is 79.9. The van der Waals surface area contributed by atoms with Crippen LogP contribution >= 0.6 is 15.9 Å². The first-order chi connectivity index (χ1) is 10.9. The van der Waals surface area contributed by atoms with E-state index in [9.17, 15) is 8.42 Å². The van der Waals surface area contributed by atoms with Crippen LogP contribution in [0.2, 0.25) is 0 Å². The lowest BCUT2D eigenvalue weighted by Crippen LogP contribution is -2.44. The molecule has 2 N–H and O–H groups in total. The molecule has 0 amide bonds. The van der Waals surface area contributed by atoms with E-state index in [0.717, 1.165) is 41.5 Å². The van der Waals surface area contributed by atoms with Gasteiger partial charge in [0.15, 0.2) is 5.82 Å². The van der Waals surface area contributed by atoms with E-state index in [1.807, 2.05) is 0 Å². The topological polar surface area (TPSA) is 88.4 Å². The fourth-order valence-corrected chi connectivity index (χ4v) is 4.47. The van der Waals surface area contributed by atoms with Crippen LogP contribution in [0.1, 0.15) is 25.7 Å². The number of hydrogen-bond acceptors (Lipinski definition) is 5. The Morgan fingerprint density at radius 1 is 1.39 bits per heavy atom. The van der Waals surface area contributed by atoms with Crippen molar-refractivity contribution in [2.75, 3.05) is 18.1 Å². The number of halogens is 1. The summed E-state index contributed by atoms with van der Waals surface area (Å²) in [6.45, 7) is 0.678. The predicted octanol–water partition coefficient (Wildman–Crippen LogP) is 2.01. The van der Waals surface area contributed by atoms with Gasteiger partial charge in [0.25, 0.3) is 0 Å². The van der Waals surface area contributed by atoms with Gasteiger partial charge in [0, 0.05) is 25.0 Å². The Hall–Kier alpha value is -1.19. The number of rotatable bonds is 5. The van der Waals surface area contributed by atoms with Crippen LogP contribution in [-0.2, 0) is 10.0 Å². The van der Waals surface area contributed by atoms with E-state index < -0.39 is 10.0 Å². The monoisotopic (exact) mass is 401 g/mol. The van der Waals surface area contributed by atoms with Crippen LogP contribution in [0.5, 0.6) is 0 Å². The van der Waals surface area contributed by atoms with Gasteiger partial charge in [-0.1, -0.05) is 12.8 Å². The number of anilines is 1. The van der Waals surface area contributed by atoms with E-state index in [2.05, 4.69) is 36.1 Å². The van der Waals surface area contributed by atoms with Crippen LogP contribution in [0.25, 0.3) is 5.52 Å². The summed E-state index contributed by atoms with van der Waals surface area (Å²) in [7, 11) is -3.19. The van der Waals surface area contributed by atoms with Crippen LogP contribution in [0.4, 0.5) is 5.82 Å². The zero-order valence-corrected chi connectivity index (χ0v) is 15.3. The summed E-state index contributed by atoms with van der Waals surface area (Å²) >= 11 is 3.48. The average molecular weight is 402 g/mol. The van der Waals surface area contributed by atoms with E-state index in [0.29, 0.717) is 6.54 Å². The van der Waals surface area contributed by atoms with Gasteiger partial charge in [-0.2, -0.15) is 5.10 Å². The third-order valence-electron chi connectivity index (χ3n) is 4.19. The molecular weight excluding hydrogens is 382 g/mol. The van der Waals surface area contributed by atoms with Crippen molar-refractivity contribution < 1.29 is 8.42 Å². The largest absolute Gasteiger partial charge is 0.368 e. The molecule has 1 fully saturated rings. The van der Waals surface area contributed by atoms with Crippen LogP contribution in [0, 0.1) is 5.92 Å². The Bertz CT molecular complexity index is 792. The third-order valence-corrected chi connectivity index (χ3v) is 5.50. The van der Waals surface area contributed by atoms with Crippen LogP contribution in [-0.4, -0.2) is 41.9 Å². The Morgan fingerprint density at radius 2 is 2.17 bits per heavy atom. The van der Waals surface area contributed by atoms with Crippen molar-refractivity contribution in [1.82, 2.24) is 19.3 Å². The molecule has 3 rings (SSSR count). The maximum Gasteiger partial charge on any atom is 0.208 e. The number of nitrogens with zero attached hydrogens (tertiary/aromatic N) is 3. The molecule has 7 nitrogen and oxygen atoms in total. The smallest absolute Gasteiger partial charge is 0.208 e. The van der Waals surface area contributed by atoms with Gasteiger partial charge in [-0.25, -0.2) is 22.6 Å². The average Bonchev–Trinajstić information content (AvgIpc) is 2.87. The molecule has 2 aromatic heterocycles. The quantitative estimate of drug-likeness (QED) is 0.799. The lowest BCUT2D eigenvalue weighted by atomic mass is 9.85. The highest BCUT2D eigenvalue weighted by Crippen LogP contribution is 2.27. The lowest BCUT2D eigenvalue weighted by Gasteiger charge is -2.31. The second-order valence-electron chi connectivity index (χ2n) is 5.98. The van der Waals surface area contributed by atoms with Crippen molar-refractivity contribution in [2.45, 2.75) is 31.7 Å².